The van der Waals surface area contributed by atoms with Gasteiger partial charge in [0.15, 0.2) is 6.61 Å². The van der Waals surface area contributed by atoms with E-state index < -0.39 is 5.91 Å². The zero-order valence-corrected chi connectivity index (χ0v) is 15.0. The number of rotatable bonds is 10. The summed E-state index contributed by atoms with van der Waals surface area (Å²) < 4.78 is 5.29. The van der Waals surface area contributed by atoms with Crippen molar-refractivity contribution in [1.29, 1.82) is 0 Å². The van der Waals surface area contributed by atoms with Crippen molar-refractivity contribution in [2.75, 3.05) is 26.7 Å². The van der Waals surface area contributed by atoms with E-state index in [-0.39, 0.29) is 12.5 Å². The standard InChI is InChI=1S/C20H25N3O3/c1-23(14-16-8-3-2-4-9-16)13-7-12-22-20(25)17-10-5-6-11-18(17)26-15-19(21)24/h2-6,8-11H,7,12-15H2,1H3,(H2,21,24)(H,22,25). The summed E-state index contributed by atoms with van der Waals surface area (Å²) in [7, 11) is 2.06. The Bertz CT molecular complexity index is 719. The van der Waals surface area contributed by atoms with Gasteiger partial charge in [0, 0.05) is 13.1 Å². The summed E-state index contributed by atoms with van der Waals surface area (Å²) in [5.41, 5.74) is 6.74. The van der Waals surface area contributed by atoms with Crippen LogP contribution >= 0.6 is 0 Å². The maximum atomic E-state index is 12.3. The van der Waals surface area contributed by atoms with Gasteiger partial charge in [0.2, 0.25) is 0 Å². The predicted molar refractivity (Wildman–Crippen MR) is 101 cm³/mol. The number of carbonyl (C=O) groups is 2. The van der Waals surface area contributed by atoms with Gasteiger partial charge in [-0.2, -0.15) is 0 Å². The number of nitrogens with two attached hydrogens (primary N) is 1. The van der Waals surface area contributed by atoms with Gasteiger partial charge >= 0.3 is 0 Å². The van der Waals surface area contributed by atoms with Gasteiger partial charge in [0.1, 0.15) is 5.75 Å². The second-order valence-electron chi connectivity index (χ2n) is 6.08. The van der Waals surface area contributed by atoms with E-state index in [4.69, 9.17) is 10.5 Å². The van der Waals surface area contributed by atoms with Gasteiger partial charge in [0.25, 0.3) is 11.8 Å². The van der Waals surface area contributed by atoms with Crippen LogP contribution in [0.1, 0.15) is 22.3 Å². The molecule has 0 heterocycles. The highest BCUT2D eigenvalue weighted by atomic mass is 16.5. The Kier molecular flexibility index (Phi) is 7.64. The summed E-state index contributed by atoms with van der Waals surface area (Å²) in [5, 5.41) is 2.88. The summed E-state index contributed by atoms with van der Waals surface area (Å²) in [6.07, 6.45) is 0.833. The lowest BCUT2D eigenvalue weighted by Gasteiger charge is -2.17. The van der Waals surface area contributed by atoms with Crippen molar-refractivity contribution >= 4 is 11.8 Å². The van der Waals surface area contributed by atoms with Gasteiger partial charge in [-0.05, 0) is 37.7 Å². The van der Waals surface area contributed by atoms with Crippen LogP contribution in [-0.2, 0) is 11.3 Å². The highest BCUT2D eigenvalue weighted by Gasteiger charge is 2.12. The molecule has 2 amide bonds. The van der Waals surface area contributed by atoms with Crippen LogP contribution in [-0.4, -0.2) is 43.5 Å². The maximum absolute atomic E-state index is 12.3. The number of ether oxygens (including phenoxy) is 1. The molecule has 138 valence electrons. The fourth-order valence-electron chi connectivity index (χ4n) is 2.55. The number of nitrogens with one attached hydrogen (secondary N) is 1. The highest BCUT2D eigenvalue weighted by molar-refractivity contribution is 5.97. The Morgan fingerprint density at radius 2 is 1.77 bits per heavy atom. The molecule has 0 saturated heterocycles. The molecule has 0 aliphatic heterocycles. The SMILES string of the molecule is CN(CCCNC(=O)c1ccccc1OCC(N)=O)Cc1ccccc1. The molecule has 2 aromatic rings. The summed E-state index contributed by atoms with van der Waals surface area (Å²) in [6.45, 7) is 2.05. The van der Waals surface area contributed by atoms with Crippen molar-refractivity contribution in [3.63, 3.8) is 0 Å². The third-order valence-electron chi connectivity index (χ3n) is 3.80. The van der Waals surface area contributed by atoms with Crippen LogP contribution in [0.4, 0.5) is 0 Å². The molecule has 0 aromatic heterocycles. The number of nitrogens with zero attached hydrogens (tertiary/aromatic N) is 1. The average molecular weight is 355 g/mol. The van der Waals surface area contributed by atoms with Crippen LogP contribution in [0.3, 0.4) is 0 Å². The van der Waals surface area contributed by atoms with Gasteiger partial charge in [-0.1, -0.05) is 42.5 Å². The third kappa shape index (κ3) is 6.57. The van der Waals surface area contributed by atoms with Crippen LogP contribution < -0.4 is 15.8 Å². The minimum absolute atomic E-state index is 0.226. The number of hydrogen-bond acceptors (Lipinski definition) is 4. The smallest absolute Gasteiger partial charge is 0.255 e. The molecule has 0 aliphatic carbocycles. The van der Waals surface area contributed by atoms with Gasteiger partial charge in [0.05, 0.1) is 5.56 Å². The van der Waals surface area contributed by atoms with E-state index in [2.05, 4.69) is 29.4 Å². The Morgan fingerprint density at radius 1 is 1.08 bits per heavy atom. The second kappa shape index (κ2) is 10.2. The molecule has 26 heavy (non-hydrogen) atoms. The fraction of sp³-hybridized carbons (Fsp3) is 0.300. The zero-order chi connectivity index (χ0) is 18.8. The quantitative estimate of drug-likeness (QED) is 0.637. The maximum Gasteiger partial charge on any atom is 0.255 e. The van der Waals surface area contributed by atoms with Crippen LogP contribution in [0.2, 0.25) is 0 Å². The van der Waals surface area contributed by atoms with E-state index >= 15 is 0 Å². The lowest BCUT2D eigenvalue weighted by Crippen LogP contribution is -2.29. The van der Waals surface area contributed by atoms with Gasteiger partial charge < -0.3 is 20.7 Å². The summed E-state index contributed by atoms with van der Waals surface area (Å²) >= 11 is 0. The van der Waals surface area contributed by atoms with Crippen molar-refractivity contribution in [1.82, 2.24) is 10.2 Å². The molecule has 0 spiro atoms. The Balaban J connectivity index is 1.76. The van der Waals surface area contributed by atoms with E-state index in [0.717, 1.165) is 19.5 Å². The van der Waals surface area contributed by atoms with Crippen molar-refractivity contribution in [3.05, 3.63) is 65.7 Å². The molecular weight excluding hydrogens is 330 g/mol. The molecule has 3 N–H and O–H groups in total. The van der Waals surface area contributed by atoms with E-state index in [1.807, 2.05) is 18.2 Å². The first-order valence-corrected chi connectivity index (χ1v) is 8.57. The molecule has 0 saturated carbocycles. The minimum Gasteiger partial charge on any atom is -0.483 e. The van der Waals surface area contributed by atoms with Crippen molar-refractivity contribution < 1.29 is 14.3 Å². The number of primary amides is 1. The number of para-hydroxylation sites is 1. The molecule has 0 radical (unpaired) electrons. The van der Waals surface area contributed by atoms with E-state index in [1.54, 1.807) is 24.3 Å². The minimum atomic E-state index is -0.582. The van der Waals surface area contributed by atoms with Crippen LogP contribution in [0.15, 0.2) is 54.6 Å². The van der Waals surface area contributed by atoms with Crippen LogP contribution in [0.25, 0.3) is 0 Å². The van der Waals surface area contributed by atoms with Crippen molar-refractivity contribution in [2.24, 2.45) is 5.73 Å². The topological polar surface area (TPSA) is 84.7 Å². The highest BCUT2D eigenvalue weighted by Crippen LogP contribution is 2.17. The van der Waals surface area contributed by atoms with Crippen LogP contribution in [0, 0.1) is 0 Å². The molecule has 2 aromatic carbocycles. The normalized spacial score (nSPS) is 10.5. The summed E-state index contributed by atoms with van der Waals surface area (Å²) in [4.78, 5) is 25.4. The summed E-state index contributed by atoms with van der Waals surface area (Å²) in [6, 6.07) is 17.1. The first-order valence-electron chi connectivity index (χ1n) is 8.57. The van der Waals surface area contributed by atoms with Gasteiger partial charge in [-0.3, -0.25) is 9.59 Å². The monoisotopic (exact) mass is 355 g/mol. The molecule has 0 unspecified atom stereocenters. The molecule has 2 rings (SSSR count). The zero-order valence-electron chi connectivity index (χ0n) is 15.0. The first-order chi connectivity index (χ1) is 12.6. The van der Waals surface area contributed by atoms with Gasteiger partial charge in [-0.15, -0.1) is 0 Å². The molecule has 0 fully saturated rings. The van der Waals surface area contributed by atoms with Crippen LogP contribution in [0.5, 0.6) is 5.75 Å². The first kappa shape index (κ1) is 19.5. The number of hydrogen-bond donors (Lipinski definition) is 2. The summed E-state index contributed by atoms with van der Waals surface area (Å²) in [5.74, 6) is -0.456. The molecule has 0 atom stereocenters. The largest absolute Gasteiger partial charge is 0.483 e. The van der Waals surface area contributed by atoms with E-state index in [0.29, 0.717) is 17.9 Å². The Morgan fingerprint density at radius 3 is 2.50 bits per heavy atom. The second-order valence-corrected chi connectivity index (χ2v) is 6.08. The molecule has 0 aliphatic rings. The van der Waals surface area contributed by atoms with E-state index in [1.165, 1.54) is 5.56 Å². The lowest BCUT2D eigenvalue weighted by atomic mass is 10.2. The van der Waals surface area contributed by atoms with E-state index in [9.17, 15) is 9.59 Å². The Hall–Kier alpha value is -2.86. The molecule has 0 bridgehead atoms. The number of benzene rings is 2. The number of carbonyl (C=O) groups excluding carboxylic acids is 2. The average Bonchev–Trinajstić information content (AvgIpc) is 2.64. The lowest BCUT2D eigenvalue weighted by molar-refractivity contribution is -0.119. The predicted octanol–water partition coefficient (Wildman–Crippen LogP) is 1.80. The molecule has 6 heteroatoms. The Labute approximate surface area is 153 Å². The molecule has 6 nitrogen and oxygen atoms in total. The number of amides is 2. The third-order valence-corrected chi connectivity index (χ3v) is 3.80. The van der Waals surface area contributed by atoms with Crippen molar-refractivity contribution in [3.8, 4) is 5.75 Å². The van der Waals surface area contributed by atoms with Crippen molar-refractivity contribution in [2.45, 2.75) is 13.0 Å². The molecular formula is C20H25N3O3. The van der Waals surface area contributed by atoms with Gasteiger partial charge in [-0.25, -0.2) is 0 Å². The fourth-order valence-corrected chi connectivity index (χ4v) is 2.55.